The minimum Gasteiger partial charge on any atom is -0.496 e. The van der Waals surface area contributed by atoms with E-state index in [0.717, 1.165) is 33.7 Å². The summed E-state index contributed by atoms with van der Waals surface area (Å²) in [6, 6.07) is 9.86. The molecule has 0 fully saturated rings. The maximum Gasteiger partial charge on any atom is 0.133 e. The molecule has 0 saturated carbocycles. The third kappa shape index (κ3) is 2.90. The van der Waals surface area contributed by atoms with Crippen LogP contribution in [0.25, 0.3) is 0 Å². The number of rotatable bonds is 4. The van der Waals surface area contributed by atoms with E-state index in [-0.39, 0.29) is 0 Å². The fourth-order valence-corrected chi connectivity index (χ4v) is 2.24. The number of methoxy groups -OCH3 is 1. The third-order valence-electron chi connectivity index (χ3n) is 2.51. The zero-order valence-corrected chi connectivity index (χ0v) is 11.2. The minimum atomic E-state index is 0.437. The lowest BCUT2D eigenvalue weighted by atomic mass is 10.1. The Kier molecular flexibility index (Phi) is 3.86. The highest BCUT2D eigenvalue weighted by atomic mass is 79.9. The van der Waals surface area contributed by atoms with Gasteiger partial charge in [-0.15, -0.1) is 0 Å². The first-order valence-corrected chi connectivity index (χ1v) is 6.12. The van der Waals surface area contributed by atoms with Gasteiger partial charge in [0.05, 0.1) is 18.1 Å². The van der Waals surface area contributed by atoms with Crippen LogP contribution in [0, 0.1) is 0 Å². The van der Waals surface area contributed by atoms with Gasteiger partial charge in [0, 0.05) is 6.42 Å². The van der Waals surface area contributed by atoms with Crippen molar-refractivity contribution in [1.82, 2.24) is 0 Å². The van der Waals surface area contributed by atoms with Crippen LogP contribution in [0.1, 0.15) is 17.1 Å². The van der Waals surface area contributed by atoms with Crippen LogP contribution in [0.3, 0.4) is 0 Å². The smallest absolute Gasteiger partial charge is 0.133 e. The van der Waals surface area contributed by atoms with E-state index in [1.807, 2.05) is 30.3 Å². The molecule has 3 nitrogen and oxygen atoms in total. The van der Waals surface area contributed by atoms with Gasteiger partial charge in [-0.2, -0.15) is 0 Å². The number of furan rings is 1. The van der Waals surface area contributed by atoms with Crippen molar-refractivity contribution in [3.63, 3.8) is 0 Å². The van der Waals surface area contributed by atoms with E-state index >= 15 is 0 Å². The number of benzene rings is 1. The van der Waals surface area contributed by atoms with Crippen molar-refractivity contribution in [1.29, 1.82) is 0 Å². The van der Waals surface area contributed by atoms with Gasteiger partial charge in [-0.3, -0.25) is 0 Å². The van der Waals surface area contributed by atoms with Gasteiger partial charge in [-0.1, -0.05) is 6.07 Å². The van der Waals surface area contributed by atoms with Crippen LogP contribution in [-0.4, -0.2) is 7.11 Å². The zero-order valence-electron chi connectivity index (χ0n) is 9.57. The molecule has 0 amide bonds. The molecule has 0 atom stereocenters. The van der Waals surface area contributed by atoms with E-state index in [1.165, 1.54) is 0 Å². The molecule has 0 unspecified atom stereocenters. The second kappa shape index (κ2) is 5.38. The van der Waals surface area contributed by atoms with Crippen molar-refractivity contribution >= 4 is 15.9 Å². The lowest BCUT2D eigenvalue weighted by molar-refractivity contribution is 0.412. The second-order valence-corrected chi connectivity index (χ2v) is 4.57. The number of hydrogen-bond donors (Lipinski definition) is 1. The molecule has 0 radical (unpaired) electrons. The number of ether oxygens (including phenoxy) is 1. The van der Waals surface area contributed by atoms with Crippen molar-refractivity contribution in [2.75, 3.05) is 7.11 Å². The number of halogens is 1. The van der Waals surface area contributed by atoms with E-state index in [0.29, 0.717) is 6.54 Å². The Morgan fingerprint density at radius 1 is 1.24 bits per heavy atom. The SMILES string of the molecule is COc1ccc(Cc2ccc(CN)o2)cc1Br. The molecule has 90 valence electrons. The molecule has 0 saturated heterocycles. The summed E-state index contributed by atoms with van der Waals surface area (Å²) < 4.78 is 11.7. The van der Waals surface area contributed by atoms with Crippen LogP contribution in [0.2, 0.25) is 0 Å². The summed E-state index contributed by atoms with van der Waals surface area (Å²) in [6.07, 6.45) is 0.753. The Morgan fingerprint density at radius 2 is 2.00 bits per heavy atom. The van der Waals surface area contributed by atoms with Crippen molar-refractivity contribution < 1.29 is 9.15 Å². The minimum absolute atomic E-state index is 0.437. The van der Waals surface area contributed by atoms with E-state index in [9.17, 15) is 0 Å². The molecule has 0 aliphatic rings. The average molecular weight is 296 g/mol. The molecular formula is C13H14BrNO2. The summed E-state index contributed by atoms with van der Waals surface area (Å²) in [7, 11) is 1.65. The van der Waals surface area contributed by atoms with Crippen LogP contribution in [0.15, 0.2) is 39.2 Å². The predicted molar refractivity (Wildman–Crippen MR) is 70.1 cm³/mol. The van der Waals surface area contributed by atoms with Gasteiger partial charge in [0.1, 0.15) is 17.3 Å². The summed E-state index contributed by atoms with van der Waals surface area (Å²) in [5.41, 5.74) is 6.66. The van der Waals surface area contributed by atoms with E-state index in [4.69, 9.17) is 14.9 Å². The molecule has 0 bridgehead atoms. The van der Waals surface area contributed by atoms with E-state index in [1.54, 1.807) is 7.11 Å². The molecule has 1 heterocycles. The van der Waals surface area contributed by atoms with Crippen LogP contribution in [0.4, 0.5) is 0 Å². The molecule has 17 heavy (non-hydrogen) atoms. The Labute approximate surface area is 109 Å². The van der Waals surface area contributed by atoms with E-state index in [2.05, 4.69) is 15.9 Å². The first-order valence-electron chi connectivity index (χ1n) is 5.33. The normalized spacial score (nSPS) is 10.5. The van der Waals surface area contributed by atoms with Gasteiger partial charge in [0.15, 0.2) is 0 Å². The summed E-state index contributed by atoms with van der Waals surface area (Å²) >= 11 is 3.46. The summed E-state index contributed by atoms with van der Waals surface area (Å²) in [5, 5.41) is 0. The topological polar surface area (TPSA) is 48.4 Å². The van der Waals surface area contributed by atoms with Gasteiger partial charge in [-0.25, -0.2) is 0 Å². The van der Waals surface area contributed by atoms with Crippen molar-refractivity contribution in [2.45, 2.75) is 13.0 Å². The molecule has 4 heteroatoms. The molecular weight excluding hydrogens is 282 g/mol. The highest BCUT2D eigenvalue weighted by Gasteiger charge is 2.05. The van der Waals surface area contributed by atoms with Gasteiger partial charge in [0.2, 0.25) is 0 Å². The van der Waals surface area contributed by atoms with Gasteiger partial charge in [0.25, 0.3) is 0 Å². The first kappa shape index (κ1) is 12.2. The van der Waals surface area contributed by atoms with Crippen molar-refractivity contribution in [3.05, 3.63) is 51.9 Å². The monoisotopic (exact) mass is 295 g/mol. The fraction of sp³-hybridized carbons (Fsp3) is 0.231. The maximum absolute atomic E-state index is 5.56. The van der Waals surface area contributed by atoms with Crippen LogP contribution >= 0.6 is 15.9 Å². The number of nitrogens with two attached hydrogens (primary N) is 1. The fourth-order valence-electron chi connectivity index (χ4n) is 1.65. The predicted octanol–water partition coefficient (Wildman–Crippen LogP) is 3.10. The third-order valence-corrected chi connectivity index (χ3v) is 3.13. The lowest BCUT2D eigenvalue weighted by Crippen LogP contribution is -1.93. The molecule has 2 N–H and O–H groups in total. The molecule has 0 aliphatic carbocycles. The highest BCUT2D eigenvalue weighted by molar-refractivity contribution is 9.10. The largest absolute Gasteiger partial charge is 0.496 e. The highest BCUT2D eigenvalue weighted by Crippen LogP contribution is 2.26. The quantitative estimate of drug-likeness (QED) is 0.943. The van der Waals surface area contributed by atoms with E-state index < -0.39 is 0 Å². The first-order chi connectivity index (χ1) is 8.22. The van der Waals surface area contributed by atoms with Crippen LogP contribution in [0.5, 0.6) is 5.75 Å². The van der Waals surface area contributed by atoms with Crippen LogP contribution < -0.4 is 10.5 Å². The summed E-state index contributed by atoms with van der Waals surface area (Å²) in [5.74, 6) is 2.56. The maximum atomic E-state index is 5.56. The van der Waals surface area contributed by atoms with Crippen LogP contribution in [-0.2, 0) is 13.0 Å². The molecule has 0 aliphatic heterocycles. The van der Waals surface area contributed by atoms with Crippen molar-refractivity contribution in [2.24, 2.45) is 5.73 Å². The molecule has 0 spiro atoms. The Morgan fingerprint density at radius 3 is 2.59 bits per heavy atom. The van der Waals surface area contributed by atoms with Crippen molar-refractivity contribution in [3.8, 4) is 5.75 Å². The average Bonchev–Trinajstić information content (AvgIpc) is 2.77. The molecule has 1 aromatic heterocycles. The Hall–Kier alpha value is -1.26. The Bertz CT molecular complexity index is 508. The van der Waals surface area contributed by atoms with Gasteiger partial charge >= 0.3 is 0 Å². The second-order valence-electron chi connectivity index (χ2n) is 3.72. The molecule has 2 rings (SSSR count). The zero-order chi connectivity index (χ0) is 12.3. The van der Waals surface area contributed by atoms with Gasteiger partial charge < -0.3 is 14.9 Å². The standard InChI is InChI=1S/C13H14BrNO2/c1-16-13-5-2-9(7-12(13)14)6-10-3-4-11(8-15)17-10/h2-5,7H,6,8,15H2,1H3. The summed E-state index contributed by atoms with van der Waals surface area (Å²) in [4.78, 5) is 0. The lowest BCUT2D eigenvalue weighted by Gasteiger charge is -2.05. The summed E-state index contributed by atoms with van der Waals surface area (Å²) in [6.45, 7) is 0.437. The number of hydrogen-bond acceptors (Lipinski definition) is 3. The Balaban J connectivity index is 2.15. The molecule has 2 aromatic rings. The van der Waals surface area contributed by atoms with Gasteiger partial charge in [-0.05, 0) is 45.8 Å². The molecule has 1 aromatic carbocycles.